The molecule has 7 heteroatoms. The van der Waals surface area contributed by atoms with Crippen LogP contribution < -0.4 is 0 Å². The number of likely N-dealkylation sites (tertiary alicyclic amines) is 1. The molecule has 0 bridgehead atoms. The molecule has 1 amide bonds. The molecule has 2 fully saturated rings. The minimum atomic E-state index is -0.821. The summed E-state index contributed by atoms with van der Waals surface area (Å²) in [6.07, 6.45) is 7.27. The molecule has 0 aromatic carbocycles. The molecule has 25 heavy (non-hydrogen) atoms. The Kier molecular flexibility index (Phi) is 5.94. The average Bonchev–Trinajstić information content (AvgIpc) is 3.05. The standard InChI is InChI=1S/C18H30N4O2S/c1-4-21-11-16(10-19-21)17-13-25(24)9-8-20(17)12-18(23)22-14(2)6-5-7-15(22)3/h10-11,14-15,17H,4-9,12-13H2,1-3H3/t14-,15-,17+,25-/m1/s1. The lowest BCUT2D eigenvalue weighted by Crippen LogP contribution is -2.53. The van der Waals surface area contributed by atoms with E-state index in [1.807, 2.05) is 17.1 Å². The highest BCUT2D eigenvalue weighted by molar-refractivity contribution is 7.85. The molecule has 0 N–H and O–H groups in total. The SMILES string of the molecule is CCn1cc([C@@H]2C[S@](=O)CCN2CC(=O)N2[C@H](C)CCC[C@H]2C)cn1. The van der Waals surface area contributed by atoms with Gasteiger partial charge in [0.05, 0.1) is 12.7 Å². The van der Waals surface area contributed by atoms with Crippen LogP contribution in [-0.4, -0.2) is 66.4 Å². The summed E-state index contributed by atoms with van der Waals surface area (Å²) in [6.45, 7) is 8.29. The number of hydrogen-bond donors (Lipinski definition) is 0. The molecule has 0 saturated carbocycles. The smallest absolute Gasteiger partial charge is 0.237 e. The van der Waals surface area contributed by atoms with E-state index < -0.39 is 10.8 Å². The molecule has 0 aliphatic carbocycles. The Morgan fingerprint density at radius 1 is 1.32 bits per heavy atom. The zero-order valence-corrected chi connectivity index (χ0v) is 16.4. The summed E-state index contributed by atoms with van der Waals surface area (Å²) >= 11 is 0. The van der Waals surface area contributed by atoms with Crippen molar-refractivity contribution in [2.75, 3.05) is 24.6 Å². The molecule has 2 saturated heterocycles. The van der Waals surface area contributed by atoms with E-state index in [4.69, 9.17) is 0 Å². The van der Waals surface area contributed by atoms with Crippen LogP contribution in [-0.2, 0) is 22.1 Å². The molecule has 1 aromatic rings. The third-order valence-corrected chi connectivity index (χ3v) is 6.90. The first-order valence-electron chi connectivity index (χ1n) is 9.42. The molecule has 2 aliphatic heterocycles. The molecule has 0 radical (unpaired) electrons. The van der Waals surface area contributed by atoms with E-state index in [0.717, 1.165) is 24.9 Å². The van der Waals surface area contributed by atoms with E-state index in [9.17, 15) is 9.00 Å². The molecule has 2 aliphatic rings. The van der Waals surface area contributed by atoms with Crippen molar-refractivity contribution in [1.29, 1.82) is 0 Å². The van der Waals surface area contributed by atoms with Crippen molar-refractivity contribution >= 4 is 16.7 Å². The first-order valence-corrected chi connectivity index (χ1v) is 10.9. The zero-order chi connectivity index (χ0) is 18.0. The lowest BCUT2D eigenvalue weighted by atomic mass is 9.97. The Balaban J connectivity index is 1.74. The van der Waals surface area contributed by atoms with Gasteiger partial charge in [-0.25, -0.2) is 0 Å². The second-order valence-corrected chi connectivity index (χ2v) is 8.98. The van der Waals surface area contributed by atoms with E-state index >= 15 is 0 Å². The lowest BCUT2D eigenvalue weighted by molar-refractivity contribution is -0.139. The molecule has 0 unspecified atom stereocenters. The Labute approximate surface area is 153 Å². The maximum Gasteiger partial charge on any atom is 0.237 e. The zero-order valence-electron chi connectivity index (χ0n) is 15.6. The van der Waals surface area contributed by atoms with Crippen molar-refractivity contribution in [2.24, 2.45) is 0 Å². The van der Waals surface area contributed by atoms with E-state index in [2.05, 4.69) is 35.7 Å². The lowest BCUT2D eigenvalue weighted by Gasteiger charge is -2.41. The first-order chi connectivity index (χ1) is 12.0. The molecule has 1 aromatic heterocycles. The van der Waals surface area contributed by atoms with Gasteiger partial charge in [-0.05, 0) is 40.0 Å². The van der Waals surface area contributed by atoms with E-state index in [-0.39, 0.29) is 11.9 Å². The number of aryl methyl sites for hydroxylation is 1. The second kappa shape index (κ2) is 7.99. The van der Waals surface area contributed by atoms with Crippen molar-refractivity contribution in [3.63, 3.8) is 0 Å². The largest absolute Gasteiger partial charge is 0.336 e. The highest BCUT2D eigenvalue weighted by atomic mass is 32.2. The van der Waals surface area contributed by atoms with Crippen molar-refractivity contribution in [3.05, 3.63) is 18.0 Å². The Morgan fingerprint density at radius 3 is 2.68 bits per heavy atom. The van der Waals surface area contributed by atoms with Crippen LogP contribution in [0.25, 0.3) is 0 Å². The van der Waals surface area contributed by atoms with Gasteiger partial charge in [-0.2, -0.15) is 5.10 Å². The van der Waals surface area contributed by atoms with Gasteiger partial charge in [-0.15, -0.1) is 0 Å². The van der Waals surface area contributed by atoms with Gasteiger partial charge >= 0.3 is 0 Å². The van der Waals surface area contributed by atoms with Crippen LogP contribution >= 0.6 is 0 Å². The normalized spacial score (nSPS) is 31.2. The van der Waals surface area contributed by atoms with Gasteiger partial charge in [-0.3, -0.25) is 18.6 Å². The number of hydrogen-bond acceptors (Lipinski definition) is 4. The van der Waals surface area contributed by atoms with Crippen LogP contribution in [0.2, 0.25) is 0 Å². The maximum absolute atomic E-state index is 13.0. The van der Waals surface area contributed by atoms with Crippen molar-refractivity contribution < 1.29 is 9.00 Å². The monoisotopic (exact) mass is 366 g/mol. The first kappa shape index (κ1) is 18.6. The van der Waals surface area contributed by atoms with Crippen LogP contribution in [0.15, 0.2) is 12.4 Å². The number of carbonyl (C=O) groups is 1. The summed E-state index contributed by atoms with van der Waals surface area (Å²) in [5.41, 5.74) is 1.07. The third-order valence-electron chi connectivity index (χ3n) is 5.57. The topological polar surface area (TPSA) is 58.4 Å². The molecule has 4 atom stereocenters. The maximum atomic E-state index is 13.0. The fourth-order valence-corrected chi connectivity index (χ4v) is 5.49. The van der Waals surface area contributed by atoms with Gasteiger partial charge in [0, 0.05) is 65.3 Å². The molecular formula is C18H30N4O2S. The average molecular weight is 367 g/mol. The van der Waals surface area contributed by atoms with E-state index in [0.29, 0.717) is 36.7 Å². The quantitative estimate of drug-likeness (QED) is 0.815. The fraction of sp³-hybridized carbons (Fsp3) is 0.778. The van der Waals surface area contributed by atoms with E-state index in [1.54, 1.807) is 0 Å². The number of aromatic nitrogens is 2. The van der Waals surface area contributed by atoms with Gasteiger partial charge in [0.15, 0.2) is 0 Å². The number of amides is 1. The summed E-state index contributed by atoms with van der Waals surface area (Å²) in [6, 6.07) is 0.655. The highest BCUT2D eigenvalue weighted by Crippen LogP contribution is 2.27. The fourth-order valence-electron chi connectivity index (χ4n) is 4.13. The van der Waals surface area contributed by atoms with Gasteiger partial charge < -0.3 is 4.90 Å². The van der Waals surface area contributed by atoms with Gasteiger partial charge in [0.25, 0.3) is 0 Å². The molecule has 6 nitrogen and oxygen atoms in total. The minimum Gasteiger partial charge on any atom is -0.336 e. The predicted octanol–water partition coefficient (Wildman–Crippen LogP) is 1.80. The van der Waals surface area contributed by atoms with E-state index in [1.165, 1.54) is 6.42 Å². The van der Waals surface area contributed by atoms with Gasteiger partial charge in [0.2, 0.25) is 5.91 Å². The molecular weight excluding hydrogens is 336 g/mol. The second-order valence-electron chi connectivity index (χ2n) is 7.36. The number of rotatable bonds is 4. The third kappa shape index (κ3) is 4.14. The summed E-state index contributed by atoms with van der Waals surface area (Å²) in [4.78, 5) is 17.3. The van der Waals surface area contributed by atoms with Crippen LogP contribution in [0.5, 0.6) is 0 Å². The van der Waals surface area contributed by atoms with Crippen LogP contribution in [0.3, 0.4) is 0 Å². The highest BCUT2D eigenvalue weighted by Gasteiger charge is 2.34. The minimum absolute atomic E-state index is 0.0224. The molecule has 0 spiro atoms. The number of nitrogens with zero attached hydrogens (tertiary/aromatic N) is 4. The Morgan fingerprint density at radius 2 is 2.04 bits per heavy atom. The summed E-state index contributed by atoms with van der Waals surface area (Å²) in [5.74, 6) is 1.45. The van der Waals surface area contributed by atoms with Crippen molar-refractivity contribution in [3.8, 4) is 0 Å². The number of piperidine rings is 1. The van der Waals surface area contributed by atoms with Crippen molar-refractivity contribution in [2.45, 2.75) is 64.7 Å². The number of carbonyl (C=O) groups excluding carboxylic acids is 1. The Bertz CT molecular complexity index is 622. The summed E-state index contributed by atoms with van der Waals surface area (Å²) in [5, 5.41) is 4.36. The molecule has 3 heterocycles. The van der Waals surface area contributed by atoms with Crippen LogP contribution in [0.4, 0.5) is 0 Å². The Hall–Kier alpha value is -1.21. The van der Waals surface area contributed by atoms with Crippen LogP contribution in [0.1, 0.15) is 51.6 Å². The van der Waals surface area contributed by atoms with Crippen LogP contribution in [0, 0.1) is 0 Å². The summed E-state index contributed by atoms with van der Waals surface area (Å²) in [7, 11) is -0.821. The molecule has 3 rings (SSSR count). The van der Waals surface area contributed by atoms with Crippen molar-refractivity contribution in [1.82, 2.24) is 19.6 Å². The predicted molar refractivity (Wildman–Crippen MR) is 99.7 cm³/mol. The summed E-state index contributed by atoms with van der Waals surface area (Å²) < 4.78 is 14.0. The molecule has 140 valence electrons. The van der Waals surface area contributed by atoms with Gasteiger partial charge in [-0.1, -0.05) is 0 Å². The van der Waals surface area contributed by atoms with Gasteiger partial charge in [0.1, 0.15) is 0 Å².